The molecule has 1 aromatic carbocycles. The third-order valence-electron chi connectivity index (χ3n) is 3.07. The molecule has 1 unspecified atom stereocenters. The van der Waals surface area contributed by atoms with Gasteiger partial charge in [0.1, 0.15) is 0 Å². The van der Waals surface area contributed by atoms with Gasteiger partial charge in [0.15, 0.2) is 0 Å². The molecule has 0 spiro atoms. The summed E-state index contributed by atoms with van der Waals surface area (Å²) >= 11 is 0. The summed E-state index contributed by atoms with van der Waals surface area (Å²) in [5.74, 6) is 0. The van der Waals surface area contributed by atoms with E-state index in [0.717, 1.165) is 0 Å². The van der Waals surface area contributed by atoms with Gasteiger partial charge in [-0.3, -0.25) is 0 Å². The van der Waals surface area contributed by atoms with E-state index in [0.29, 0.717) is 17.8 Å². The SMILES string of the molecule is Cc1c(N)cccc1S(=O)(=O)NCC(C)N(C)C. The molecule has 0 saturated carbocycles. The molecule has 0 aliphatic heterocycles. The summed E-state index contributed by atoms with van der Waals surface area (Å²) in [5.41, 5.74) is 6.79. The first kappa shape index (κ1) is 14.9. The van der Waals surface area contributed by atoms with E-state index in [-0.39, 0.29) is 10.9 Å². The molecule has 0 fully saturated rings. The van der Waals surface area contributed by atoms with E-state index >= 15 is 0 Å². The fraction of sp³-hybridized carbons (Fsp3) is 0.500. The van der Waals surface area contributed by atoms with Crippen molar-refractivity contribution in [2.24, 2.45) is 0 Å². The van der Waals surface area contributed by atoms with Crippen molar-refractivity contribution in [3.05, 3.63) is 23.8 Å². The smallest absolute Gasteiger partial charge is 0.240 e. The number of benzene rings is 1. The minimum Gasteiger partial charge on any atom is -0.398 e. The van der Waals surface area contributed by atoms with Crippen LogP contribution in [0.5, 0.6) is 0 Å². The van der Waals surface area contributed by atoms with Crippen molar-refractivity contribution in [2.75, 3.05) is 26.4 Å². The lowest BCUT2D eigenvalue weighted by molar-refractivity contribution is 0.314. The maximum absolute atomic E-state index is 12.1. The van der Waals surface area contributed by atoms with Crippen molar-refractivity contribution in [1.29, 1.82) is 0 Å². The molecule has 0 heterocycles. The van der Waals surface area contributed by atoms with Gasteiger partial charge in [0, 0.05) is 18.3 Å². The van der Waals surface area contributed by atoms with E-state index in [4.69, 9.17) is 5.73 Å². The summed E-state index contributed by atoms with van der Waals surface area (Å²) in [6, 6.07) is 5.03. The number of nitrogens with zero attached hydrogens (tertiary/aromatic N) is 1. The van der Waals surface area contributed by atoms with E-state index in [1.54, 1.807) is 25.1 Å². The highest BCUT2D eigenvalue weighted by atomic mass is 32.2. The summed E-state index contributed by atoms with van der Waals surface area (Å²) in [5, 5.41) is 0. The van der Waals surface area contributed by atoms with E-state index in [1.807, 2.05) is 25.9 Å². The number of rotatable bonds is 5. The number of nitrogen functional groups attached to an aromatic ring is 1. The van der Waals surface area contributed by atoms with Gasteiger partial charge in [-0.2, -0.15) is 0 Å². The quantitative estimate of drug-likeness (QED) is 0.777. The molecule has 0 aliphatic rings. The second kappa shape index (κ2) is 5.69. The molecule has 0 bridgehead atoms. The fourth-order valence-corrected chi connectivity index (χ4v) is 2.81. The van der Waals surface area contributed by atoms with Gasteiger partial charge in [0.25, 0.3) is 0 Å². The van der Waals surface area contributed by atoms with E-state index < -0.39 is 10.0 Å². The zero-order valence-electron chi connectivity index (χ0n) is 11.3. The monoisotopic (exact) mass is 271 g/mol. The Bertz CT molecular complexity index is 512. The first-order valence-electron chi connectivity index (χ1n) is 5.77. The third kappa shape index (κ3) is 3.44. The predicted octanol–water partition coefficient (Wildman–Crippen LogP) is 0.806. The van der Waals surface area contributed by atoms with Crippen LogP contribution in [0.3, 0.4) is 0 Å². The maximum Gasteiger partial charge on any atom is 0.240 e. The van der Waals surface area contributed by atoms with Crippen LogP contribution in [-0.4, -0.2) is 40.0 Å². The van der Waals surface area contributed by atoms with Gasteiger partial charge in [-0.15, -0.1) is 0 Å². The van der Waals surface area contributed by atoms with Crippen molar-refractivity contribution in [3.8, 4) is 0 Å². The van der Waals surface area contributed by atoms with Crippen LogP contribution in [0.15, 0.2) is 23.1 Å². The molecular weight excluding hydrogens is 250 g/mol. The Hall–Kier alpha value is -1.11. The fourth-order valence-electron chi connectivity index (χ4n) is 1.41. The highest BCUT2D eigenvalue weighted by Crippen LogP contribution is 2.20. The molecule has 1 atom stereocenters. The van der Waals surface area contributed by atoms with Crippen LogP contribution in [0.2, 0.25) is 0 Å². The number of likely N-dealkylation sites (N-methyl/N-ethyl adjacent to an activating group) is 1. The van der Waals surface area contributed by atoms with Crippen LogP contribution in [0.1, 0.15) is 12.5 Å². The lowest BCUT2D eigenvalue weighted by atomic mass is 10.2. The molecule has 102 valence electrons. The minimum atomic E-state index is -3.50. The van der Waals surface area contributed by atoms with Gasteiger partial charge >= 0.3 is 0 Å². The Morgan fingerprint density at radius 1 is 1.39 bits per heavy atom. The van der Waals surface area contributed by atoms with Crippen molar-refractivity contribution in [3.63, 3.8) is 0 Å². The maximum atomic E-state index is 12.1. The zero-order valence-corrected chi connectivity index (χ0v) is 12.1. The van der Waals surface area contributed by atoms with Crippen LogP contribution < -0.4 is 10.5 Å². The van der Waals surface area contributed by atoms with Gasteiger partial charge in [-0.05, 0) is 45.6 Å². The van der Waals surface area contributed by atoms with Gasteiger partial charge in [0.05, 0.1) is 4.90 Å². The number of nitrogens with two attached hydrogens (primary N) is 1. The Morgan fingerprint density at radius 3 is 2.56 bits per heavy atom. The summed E-state index contributed by atoms with van der Waals surface area (Å²) < 4.78 is 26.9. The lowest BCUT2D eigenvalue weighted by Gasteiger charge is -2.20. The highest BCUT2D eigenvalue weighted by molar-refractivity contribution is 7.89. The summed E-state index contributed by atoms with van der Waals surface area (Å²) in [7, 11) is 0.316. The molecule has 1 aromatic rings. The molecule has 0 saturated heterocycles. The van der Waals surface area contributed by atoms with Crippen LogP contribution in [0.25, 0.3) is 0 Å². The van der Waals surface area contributed by atoms with Gasteiger partial charge in [0.2, 0.25) is 10.0 Å². The van der Waals surface area contributed by atoms with E-state index in [9.17, 15) is 8.42 Å². The Balaban J connectivity index is 2.91. The molecule has 0 aliphatic carbocycles. The molecule has 3 N–H and O–H groups in total. The second-order valence-electron chi connectivity index (χ2n) is 4.63. The van der Waals surface area contributed by atoms with E-state index in [1.165, 1.54) is 0 Å². The first-order valence-corrected chi connectivity index (χ1v) is 7.25. The van der Waals surface area contributed by atoms with Crippen LogP contribution in [0, 0.1) is 6.92 Å². The lowest BCUT2D eigenvalue weighted by Crippen LogP contribution is -2.38. The normalized spacial score (nSPS) is 13.8. The molecular formula is C12H21N3O2S. The van der Waals surface area contributed by atoms with Crippen molar-refractivity contribution < 1.29 is 8.42 Å². The minimum absolute atomic E-state index is 0.126. The summed E-state index contributed by atoms with van der Waals surface area (Å²) in [4.78, 5) is 2.20. The van der Waals surface area contributed by atoms with Gasteiger partial charge in [-0.1, -0.05) is 6.07 Å². The topological polar surface area (TPSA) is 75.4 Å². The van der Waals surface area contributed by atoms with E-state index in [2.05, 4.69) is 4.72 Å². The molecule has 1 rings (SSSR count). The van der Waals surface area contributed by atoms with Crippen LogP contribution >= 0.6 is 0 Å². The van der Waals surface area contributed by atoms with Gasteiger partial charge < -0.3 is 10.6 Å². The molecule has 18 heavy (non-hydrogen) atoms. The third-order valence-corrected chi connectivity index (χ3v) is 4.63. The number of hydrogen-bond donors (Lipinski definition) is 2. The number of sulfonamides is 1. The summed E-state index contributed by atoms with van der Waals surface area (Å²) in [6.07, 6.45) is 0. The molecule has 0 amide bonds. The summed E-state index contributed by atoms with van der Waals surface area (Å²) in [6.45, 7) is 4.03. The molecule has 5 nitrogen and oxygen atoms in total. The Labute approximate surface area is 109 Å². The highest BCUT2D eigenvalue weighted by Gasteiger charge is 2.18. The predicted molar refractivity (Wildman–Crippen MR) is 73.9 cm³/mol. The first-order chi connectivity index (χ1) is 8.25. The molecule has 0 aromatic heterocycles. The van der Waals surface area contributed by atoms with Crippen LogP contribution in [-0.2, 0) is 10.0 Å². The Morgan fingerprint density at radius 2 is 2.00 bits per heavy atom. The Kier molecular flexibility index (Phi) is 4.72. The zero-order chi connectivity index (χ0) is 13.9. The number of hydrogen-bond acceptors (Lipinski definition) is 4. The number of nitrogens with one attached hydrogen (secondary N) is 1. The average molecular weight is 271 g/mol. The van der Waals surface area contributed by atoms with Gasteiger partial charge in [-0.25, -0.2) is 13.1 Å². The molecule has 6 heteroatoms. The molecule has 0 radical (unpaired) electrons. The average Bonchev–Trinajstić information content (AvgIpc) is 2.29. The number of anilines is 1. The van der Waals surface area contributed by atoms with Crippen molar-refractivity contribution in [1.82, 2.24) is 9.62 Å². The second-order valence-corrected chi connectivity index (χ2v) is 6.37. The van der Waals surface area contributed by atoms with Crippen LogP contribution in [0.4, 0.5) is 5.69 Å². The van der Waals surface area contributed by atoms with Crippen molar-refractivity contribution >= 4 is 15.7 Å². The largest absolute Gasteiger partial charge is 0.398 e. The standard InChI is InChI=1S/C12H21N3O2S/c1-9(15(3)4)8-14-18(16,17)12-7-5-6-11(13)10(12)2/h5-7,9,14H,8,13H2,1-4H3. The van der Waals surface area contributed by atoms with Crippen molar-refractivity contribution in [2.45, 2.75) is 24.8 Å².